The van der Waals surface area contributed by atoms with Crippen LogP contribution in [0, 0.1) is 0 Å². The molecule has 0 aliphatic rings. The maximum atomic E-state index is 12.0. The quantitative estimate of drug-likeness (QED) is 0.806. The molecule has 0 aliphatic carbocycles. The number of halogens is 1. The van der Waals surface area contributed by atoms with Crippen molar-refractivity contribution in [3.05, 3.63) is 65.8 Å². The Morgan fingerprint density at radius 2 is 2.10 bits per heavy atom. The van der Waals surface area contributed by atoms with Gasteiger partial charge in [-0.05, 0) is 30.3 Å². The average molecular weight is 300 g/mol. The molecule has 0 spiro atoms. The molecule has 3 aromatic rings. The van der Waals surface area contributed by atoms with Crippen LogP contribution in [-0.4, -0.2) is 25.7 Å². The van der Waals surface area contributed by atoms with Crippen LogP contribution < -0.4 is 5.32 Å². The van der Waals surface area contributed by atoms with E-state index in [-0.39, 0.29) is 11.6 Å². The van der Waals surface area contributed by atoms with Gasteiger partial charge in [0.25, 0.3) is 5.91 Å². The molecule has 6 nitrogen and oxygen atoms in total. The van der Waals surface area contributed by atoms with E-state index in [4.69, 9.17) is 11.6 Å². The first kappa shape index (κ1) is 13.3. The zero-order valence-corrected chi connectivity index (χ0v) is 11.5. The maximum Gasteiger partial charge on any atom is 0.274 e. The normalized spacial score (nSPS) is 10.3. The smallest absolute Gasteiger partial charge is 0.274 e. The largest absolute Gasteiger partial charge is 0.319 e. The second-order valence-electron chi connectivity index (χ2n) is 4.17. The summed E-state index contributed by atoms with van der Waals surface area (Å²) >= 11 is 5.83. The topological polar surface area (TPSA) is 72.7 Å². The summed E-state index contributed by atoms with van der Waals surface area (Å²) in [6.07, 6.45) is 6.49. The standard InChI is InChI=1S/C14H10ClN5O/c15-10-4-6-16-12(8-10)14(21)19-11-2-3-13(17-9-11)20-7-1-5-18-20/h1-9H,(H,19,21). The van der Waals surface area contributed by atoms with Crippen LogP contribution in [0.3, 0.4) is 0 Å². The predicted octanol–water partition coefficient (Wildman–Crippen LogP) is 2.57. The van der Waals surface area contributed by atoms with Crippen LogP contribution in [-0.2, 0) is 0 Å². The third-order valence-corrected chi connectivity index (χ3v) is 2.93. The Balaban J connectivity index is 1.75. The number of nitrogens with one attached hydrogen (secondary N) is 1. The number of amides is 1. The number of nitrogens with zero attached hydrogens (tertiary/aromatic N) is 4. The first-order valence-electron chi connectivity index (χ1n) is 6.11. The molecule has 0 saturated carbocycles. The molecule has 7 heteroatoms. The summed E-state index contributed by atoms with van der Waals surface area (Å²) in [6.45, 7) is 0. The average Bonchev–Trinajstić information content (AvgIpc) is 3.02. The Labute approximate surface area is 125 Å². The lowest BCUT2D eigenvalue weighted by Gasteiger charge is -2.05. The number of pyridine rings is 2. The number of hydrogen-bond donors (Lipinski definition) is 1. The van der Waals surface area contributed by atoms with E-state index in [1.165, 1.54) is 12.3 Å². The van der Waals surface area contributed by atoms with Gasteiger partial charge in [-0.2, -0.15) is 5.10 Å². The van der Waals surface area contributed by atoms with Gasteiger partial charge in [0.05, 0.1) is 11.9 Å². The lowest BCUT2D eigenvalue weighted by molar-refractivity contribution is 0.102. The molecular weight excluding hydrogens is 290 g/mol. The number of rotatable bonds is 3. The lowest BCUT2D eigenvalue weighted by Crippen LogP contribution is -2.13. The molecule has 3 heterocycles. The Hall–Kier alpha value is -2.73. The van der Waals surface area contributed by atoms with Gasteiger partial charge in [0.1, 0.15) is 5.69 Å². The van der Waals surface area contributed by atoms with Crippen molar-refractivity contribution >= 4 is 23.2 Å². The summed E-state index contributed by atoms with van der Waals surface area (Å²) in [5.74, 6) is 0.324. The van der Waals surface area contributed by atoms with Crippen molar-refractivity contribution in [1.82, 2.24) is 19.7 Å². The molecule has 0 fully saturated rings. The second-order valence-corrected chi connectivity index (χ2v) is 4.61. The number of aromatic nitrogens is 4. The van der Waals surface area contributed by atoms with Crippen molar-refractivity contribution in [1.29, 1.82) is 0 Å². The molecular formula is C14H10ClN5O. The van der Waals surface area contributed by atoms with E-state index in [0.29, 0.717) is 16.5 Å². The molecule has 0 atom stereocenters. The summed E-state index contributed by atoms with van der Waals surface area (Å²) in [6, 6.07) is 8.42. The highest BCUT2D eigenvalue weighted by Crippen LogP contribution is 2.12. The summed E-state index contributed by atoms with van der Waals surface area (Å²) in [5.41, 5.74) is 0.816. The van der Waals surface area contributed by atoms with Crippen LogP contribution in [0.15, 0.2) is 55.1 Å². The van der Waals surface area contributed by atoms with Gasteiger partial charge in [-0.25, -0.2) is 9.67 Å². The summed E-state index contributed by atoms with van der Waals surface area (Å²) < 4.78 is 1.63. The highest BCUT2D eigenvalue weighted by atomic mass is 35.5. The van der Waals surface area contributed by atoms with E-state index in [0.717, 1.165) is 0 Å². The molecule has 21 heavy (non-hydrogen) atoms. The minimum atomic E-state index is -0.342. The Morgan fingerprint density at radius 3 is 2.76 bits per heavy atom. The summed E-state index contributed by atoms with van der Waals surface area (Å²) in [5, 5.41) is 7.24. The second kappa shape index (κ2) is 5.72. The van der Waals surface area contributed by atoms with E-state index < -0.39 is 0 Å². The third kappa shape index (κ3) is 3.06. The zero-order chi connectivity index (χ0) is 14.7. The van der Waals surface area contributed by atoms with Crippen LogP contribution >= 0.6 is 11.6 Å². The molecule has 0 bridgehead atoms. The lowest BCUT2D eigenvalue weighted by atomic mass is 10.3. The maximum absolute atomic E-state index is 12.0. The van der Waals surface area contributed by atoms with E-state index in [9.17, 15) is 4.79 Å². The highest BCUT2D eigenvalue weighted by molar-refractivity contribution is 6.30. The highest BCUT2D eigenvalue weighted by Gasteiger charge is 2.08. The Morgan fingerprint density at radius 1 is 1.19 bits per heavy atom. The fraction of sp³-hybridized carbons (Fsp3) is 0. The SMILES string of the molecule is O=C(Nc1ccc(-n2cccn2)nc1)c1cc(Cl)ccn1. The van der Waals surface area contributed by atoms with Gasteiger partial charge in [-0.15, -0.1) is 0 Å². The summed E-state index contributed by atoms with van der Waals surface area (Å²) in [4.78, 5) is 20.2. The van der Waals surface area contributed by atoms with E-state index in [1.807, 2.05) is 6.07 Å². The third-order valence-electron chi connectivity index (χ3n) is 2.70. The van der Waals surface area contributed by atoms with Gasteiger partial charge >= 0.3 is 0 Å². The van der Waals surface area contributed by atoms with Crippen molar-refractivity contribution in [3.63, 3.8) is 0 Å². The first-order valence-corrected chi connectivity index (χ1v) is 6.49. The fourth-order valence-corrected chi connectivity index (χ4v) is 1.88. The molecule has 104 valence electrons. The molecule has 3 rings (SSSR count). The Bertz CT molecular complexity index is 755. The van der Waals surface area contributed by atoms with Crippen LogP contribution in [0.25, 0.3) is 5.82 Å². The van der Waals surface area contributed by atoms with Crippen LogP contribution in [0.4, 0.5) is 5.69 Å². The van der Waals surface area contributed by atoms with Crippen molar-refractivity contribution in [2.75, 3.05) is 5.32 Å². The number of anilines is 1. The molecule has 0 radical (unpaired) electrons. The minimum Gasteiger partial charge on any atom is -0.319 e. The molecule has 1 N–H and O–H groups in total. The van der Waals surface area contributed by atoms with Crippen molar-refractivity contribution in [2.45, 2.75) is 0 Å². The van der Waals surface area contributed by atoms with Gasteiger partial charge in [-0.1, -0.05) is 11.6 Å². The number of carbonyl (C=O) groups excluding carboxylic acids is 1. The Kier molecular flexibility index (Phi) is 3.61. The molecule has 0 aliphatic heterocycles. The minimum absolute atomic E-state index is 0.249. The molecule has 0 unspecified atom stereocenters. The fourth-order valence-electron chi connectivity index (χ4n) is 1.72. The molecule has 3 aromatic heterocycles. The van der Waals surface area contributed by atoms with E-state index >= 15 is 0 Å². The molecule has 0 saturated heterocycles. The van der Waals surface area contributed by atoms with Crippen LogP contribution in [0.2, 0.25) is 5.02 Å². The molecule has 1 amide bonds. The van der Waals surface area contributed by atoms with Gasteiger partial charge in [0.15, 0.2) is 5.82 Å². The zero-order valence-electron chi connectivity index (χ0n) is 10.8. The van der Waals surface area contributed by atoms with E-state index in [1.54, 1.807) is 41.5 Å². The number of hydrogen-bond acceptors (Lipinski definition) is 4. The van der Waals surface area contributed by atoms with Crippen molar-refractivity contribution < 1.29 is 4.79 Å². The number of carbonyl (C=O) groups is 1. The van der Waals surface area contributed by atoms with Crippen LogP contribution in [0.1, 0.15) is 10.5 Å². The van der Waals surface area contributed by atoms with Crippen molar-refractivity contribution in [3.8, 4) is 5.82 Å². The van der Waals surface area contributed by atoms with Gasteiger partial charge in [-0.3, -0.25) is 9.78 Å². The van der Waals surface area contributed by atoms with Gasteiger partial charge in [0.2, 0.25) is 0 Å². The van der Waals surface area contributed by atoms with Crippen LogP contribution in [0.5, 0.6) is 0 Å². The first-order chi connectivity index (χ1) is 10.2. The molecule has 0 aromatic carbocycles. The predicted molar refractivity (Wildman–Crippen MR) is 78.6 cm³/mol. The van der Waals surface area contributed by atoms with Crippen molar-refractivity contribution in [2.24, 2.45) is 0 Å². The summed E-state index contributed by atoms with van der Waals surface area (Å²) in [7, 11) is 0. The monoisotopic (exact) mass is 299 g/mol. The van der Waals surface area contributed by atoms with Gasteiger partial charge in [0, 0.05) is 23.6 Å². The van der Waals surface area contributed by atoms with Gasteiger partial charge < -0.3 is 5.32 Å². The van der Waals surface area contributed by atoms with E-state index in [2.05, 4.69) is 20.4 Å².